The summed E-state index contributed by atoms with van der Waals surface area (Å²) in [6.45, 7) is 2.05. The van der Waals surface area contributed by atoms with Crippen LogP contribution in [0.4, 0.5) is 4.79 Å². The van der Waals surface area contributed by atoms with Gasteiger partial charge in [-0.2, -0.15) is 0 Å². The number of phenolic OH excluding ortho intramolecular Hbond substituents is 1. The van der Waals surface area contributed by atoms with Crippen LogP contribution >= 0.6 is 11.3 Å². The lowest BCUT2D eigenvalue weighted by molar-refractivity contribution is 0.240. The molecular formula is C21H25N3O2S. The topological polar surface area (TPSA) is 74.2 Å². The molecule has 5 nitrogen and oxygen atoms in total. The van der Waals surface area contributed by atoms with Crippen LogP contribution in [0.3, 0.4) is 0 Å². The smallest absolute Gasteiger partial charge is 0.319 e. The Balaban J connectivity index is 1.72. The number of benzene rings is 1. The van der Waals surface area contributed by atoms with Gasteiger partial charge in [-0.1, -0.05) is 38.3 Å². The molecule has 1 aliphatic carbocycles. The fourth-order valence-electron chi connectivity index (χ4n) is 4.06. The first-order chi connectivity index (χ1) is 13.2. The number of phenols is 1. The van der Waals surface area contributed by atoms with Crippen molar-refractivity contribution in [2.24, 2.45) is 0 Å². The van der Waals surface area contributed by atoms with E-state index >= 15 is 0 Å². The third kappa shape index (κ3) is 3.72. The van der Waals surface area contributed by atoms with Crippen molar-refractivity contribution in [2.75, 3.05) is 0 Å². The highest BCUT2D eigenvalue weighted by molar-refractivity contribution is 7.10. The maximum absolute atomic E-state index is 12.2. The highest BCUT2D eigenvalue weighted by Gasteiger charge is 2.31. The number of nitrogens with zero attached hydrogens (tertiary/aromatic N) is 1. The number of hydrogen-bond acceptors (Lipinski definition) is 4. The Morgan fingerprint density at radius 1 is 1.19 bits per heavy atom. The van der Waals surface area contributed by atoms with Crippen LogP contribution in [0.2, 0.25) is 0 Å². The van der Waals surface area contributed by atoms with Crippen molar-refractivity contribution in [1.29, 1.82) is 0 Å². The molecule has 0 bridgehead atoms. The number of aromatic nitrogens is 1. The van der Waals surface area contributed by atoms with Gasteiger partial charge in [-0.3, -0.25) is 0 Å². The molecule has 0 radical (unpaired) electrons. The monoisotopic (exact) mass is 383 g/mol. The van der Waals surface area contributed by atoms with E-state index in [1.54, 1.807) is 23.5 Å². The lowest BCUT2D eigenvalue weighted by Gasteiger charge is -2.29. The number of carbonyl (C=O) groups is 1. The van der Waals surface area contributed by atoms with E-state index in [2.05, 4.69) is 16.0 Å². The summed E-state index contributed by atoms with van der Waals surface area (Å²) in [5, 5.41) is 18.8. The van der Waals surface area contributed by atoms with E-state index in [9.17, 15) is 9.90 Å². The number of urea groups is 1. The van der Waals surface area contributed by atoms with Crippen molar-refractivity contribution in [3.8, 4) is 5.75 Å². The fourth-order valence-corrected chi connectivity index (χ4v) is 5.07. The Morgan fingerprint density at radius 2 is 1.93 bits per heavy atom. The Kier molecular flexibility index (Phi) is 5.16. The van der Waals surface area contributed by atoms with Crippen molar-refractivity contribution in [1.82, 2.24) is 15.6 Å². The maximum atomic E-state index is 12.2. The third-order valence-electron chi connectivity index (χ3n) is 5.51. The number of hydrogen-bond donors (Lipinski definition) is 3. The van der Waals surface area contributed by atoms with Crippen LogP contribution < -0.4 is 10.6 Å². The van der Waals surface area contributed by atoms with Gasteiger partial charge in [0.25, 0.3) is 0 Å². The summed E-state index contributed by atoms with van der Waals surface area (Å²) < 4.78 is 0. The summed E-state index contributed by atoms with van der Waals surface area (Å²) in [5.41, 5.74) is 4.09. The second-order valence-corrected chi connectivity index (χ2v) is 8.14. The molecule has 6 heteroatoms. The molecule has 142 valence electrons. The van der Waals surface area contributed by atoms with Crippen molar-refractivity contribution in [3.05, 3.63) is 51.6 Å². The van der Waals surface area contributed by atoms with Gasteiger partial charge < -0.3 is 15.7 Å². The minimum Gasteiger partial charge on any atom is -0.508 e. The number of thiazole rings is 1. The summed E-state index contributed by atoms with van der Waals surface area (Å²) in [5.74, 6) is 0.779. The third-order valence-corrected chi connectivity index (χ3v) is 6.40. The van der Waals surface area contributed by atoms with Crippen LogP contribution in [-0.4, -0.2) is 16.1 Å². The van der Waals surface area contributed by atoms with Gasteiger partial charge in [-0.05, 0) is 37.0 Å². The van der Waals surface area contributed by atoms with Gasteiger partial charge in [0.1, 0.15) is 10.8 Å². The SMILES string of the molecule is CCC1=C(c2nc(C3CCCCC3)cs2)C(c2ccc(O)cc2)NC(=O)N1. The van der Waals surface area contributed by atoms with Crippen molar-refractivity contribution < 1.29 is 9.90 Å². The molecule has 2 aliphatic rings. The zero-order valence-corrected chi connectivity index (χ0v) is 16.3. The molecule has 3 N–H and O–H groups in total. The zero-order chi connectivity index (χ0) is 18.8. The van der Waals surface area contributed by atoms with Crippen molar-refractivity contribution in [3.63, 3.8) is 0 Å². The fraction of sp³-hybridized carbons (Fsp3) is 0.429. The number of nitrogens with one attached hydrogen (secondary N) is 2. The van der Waals surface area contributed by atoms with Crippen LogP contribution in [0.5, 0.6) is 5.75 Å². The van der Waals surface area contributed by atoms with Gasteiger partial charge in [-0.15, -0.1) is 11.3 Å². The summed E-state index contributed by atoms with van der Waals surface area (Å²) in [6.07, 6.45) is 7.08. The molecule has 1 saturated carbocycles. The van der Waals surface area contributed by atoms with Gasteiger partial charge in [-0.25, -0.2) is 9.78 Å². The molecule has 1 fully saturated rings. The molecule has 1 unspecified atom stereocenters. The highest BCUT2D eigenvalue weighted by atomic mass is 32.1. The van der Waals surface area contributed by atoms with Crippen LogP contribution in [-0.2, 0) is 0 Å². The quantitative estimate of drug-likeness (QED) is 0.690. The summed E-state index contributed by atoms with van der Waals surface area (Å²) in [7, 11) is 0. The second kappa shape index (κ2) is 7.72. The molecular weight excluding hydrogens is 358 g/mol. The van der Waals surface area contributed by atoms with Gasteiger partial charge in [0.15, 0.2) is 0 Å². The minimum absolute atomic E-state index is 0.197. The Hall–Kier alpha value is -2.34. The number of amides is 2. The number of rotatable bonds is 4. The van der Waals surface area contributed by atoms with E-state index in [4.69, 9.17) is 4.98 Å². The van der Waals surface area contributed by atoms with E-state index in [-0.39, 0.29) is 17.8 Å². The zero-order valence-electron chi connectivity index (χ0n) is 15.5. The summed E-state index contributed by atoms with van der Waals surface area (Å²) >= 11 is 1.66. The van der Waals surface area contributed by atoms with E-state index in [1.165, 1.54) is 37.8 Å². The largest absolute Gasteiger partial charge is 0.508 e. The van der Waals surface area contributed by atoms with Crippen LogP contribution in [0.25, 0.3) is 5.57 Å². The second-order valence-electron chi connectivity index (χ2n) is 7.28. The summed E-state index contributed by atoms with van der Waals surface area (Å²) in [4.78, 5) is 17.2. The van der Waals surface area contributed by atoms with Gasteiger partial charge in [0, 0.05) is 22.6 Å². The standard InChI is InChI=1S/C21H25N3O2S/c1-2-16-18(20-22-17(12-27-20)13-6-4-3-5-7-13)19(24-21(26)23-16)14-8-10-15(25)11-9-14/h8-13,19,25H,2-7H2,1H3,(H2,23,24,26). The molecule has 1 atom stereocenters. The van der Waals surface area contributed by atoms with Gasteiger partial charge >= 0.3 is 6.03 Å². The van der Waals surface area contributed by atoms with Gasteiger partial charge in [0.05, 0.1) is 11.7 Å². The van der Waals surface area contributed by atoms with E-state index in [0.717, 1.165) is 28.3 Å². The van der Waals surface area contributed by atoms with Crippen LogP contribution in [0, 0.1) is 0 Å². The molecule has 1 aromatic carbocycles. The van der Waals surface area contributed by atoms with Gasteiger partial charge in [0.2, 0.25) is 0 Å². The number of aromatic hydroxyl groups is 1. The van der Waals surface area contributed by atoms with Crippen LogP contribution in [0.15, 0.2) is 35.3 Å². The molecule has 1 aromatic heterocycles. The molecule has 0 spiro atoms. The molecule has 4 rings (SSSR count). The lowest BCUT2D eigenvalue weighted by atomic mass is 9.87. The molecule has 2 amide bonds. The molecule has 2 heterocycles. The number of allylic oxidation sites excluding steroid dienone is 1. The van der Waals surface area contributed by atoms with Crippen LogP contribution in [0.1, 0.15) is 73.7 Å². The normalized spacial score (nSPS) is 21.1. The molecule has 1 aliphatic heterocycles. The van der Waals surface area contributed by atoms with E-state index in [1.807, 2.05) is 19.1 Å². The maximum Gasteiger partial charge on any atom is 0.319 e. The van der Waals surface area contributed by atoms with E-state index < -0.39 is 0 Å². The predicted molar refractivity (Wildman–Crippen MR) is 108 cm³/mol. The summed E-state index contributed by atoms with van der Waals surface area (Å²) in [6, 6.07) is 6.56. The Morgan fingerprint density at radius 3 is 2.63 bits per heavy atom. The average Bonchev–Trinajstić information content (AvgIpc) is 3.18. The first-order valence-corrected chi connectivity index (χ1v) is 10.6. The first-order valence-electron chi connectivity index (χ1n) is 9.71. The lowest BCUT2D eigenvalue weighted by Crippen LogP contribution is -2.43. The predicted octanol–water partition coefficient (Wildman–Crippen LogP) is 5.07. The molecule has 2 aromatic rings. The first kappa shape index (κ1) is 18.0. The molecule has 0 saturated heterocycles. The average molecular weight is 384 g/mol. The number of carbonyl (C=O) groups excluding carboxylic acids is 1. The Labute approximate surface area is 163 Å². The molecule has 27 heavy (non-hydrogen) atoms. The van der Waals surface area contributed by atoms with E-state index in [0.29, 0.717) is 5.92 Å². The highest BCUT2D eigenvalue weighted by Crippen LogP contribution is 2.40. The Bertz CT molecular complexity index is 851. The minimum atomic E-state index is -0.264. The van der Waals surface area contributed by atoms with Crippen molar-refractivity contribution >= 4 is 22.9 Å². The van der Waals surface area contributed by atoms with Crippen molar-refractivity contribution in [2.45, 2.75) is 57.4 Å².